The Kier molecular flexibility index (Phi) is 4.04. The summed E-state index contributed by atoms with van der Waals surface area (Å²) in [6.07, 6.45) is 2.44. The molecule has 1 saturated heterocycles. The minimum atomic E-state index is -0.182. The molecule has 5 nitrogen and oxygen atoms in total. The second-order valence-electron chi connectivity index (χ2n) is 4.89. The Labute approximate surface area is 112 Å². The number of anilines is 2. The summed E-state index contributed by atoms with van der Waals surface area (Å²) >= 11 is 0. The smallest absolute Gasteiger partial charge is 0.243 e. The molecule has 2 amide bonds. The van der Waals surface area contributed by atoms with Gasteiger partial charge in [-0.15, -0.1) is 0 Å². The summed E-state index contributed by atoms with van der Waals surface area (Å²) < 4.78 is 0. The minimum Gasteiger partial charge on any atom is -0.398 e. The van der Waals surface area contributed by atoms with E-state index < -0.39 is 0 Å². The molecule has 1 heterocycles. The highest BCUT2D eigenvalue weighted by molar-refractivity contribution is 5.95. The summed E-state index contributed by atoms with van der Waals surface area (Å²) in [6, 6.07) is 5.39. The van der Waals surface area contributed by atoms with E-state index in [1.54, 1.807) is 11.0 Å². The van der Waals surface area contributed by atoms with Crippen LogP contribution in [0.3, 0.4) is 0 Å². The Morgan fingerprint density at radius 1 is 1.42 bits per heavy atom. The quantitative estimate of drug-likeness (QED) is 0.810. The molecule has 0 saturated carbocycles. The SMILES string of the molecule is Cc1ccc(NC(=O)CN2CCCCC2=O)cc1N. The molecule has 1 aliphatic heterocycles. The van der Waals surface area contributed by atoms with Crippen molar-refractivity contribution in [2.75, 3.05) is 24.1 Å². The van der Waals surface area contributed by atoms with Gasteiger partial charge in [0.1, 0.15) is 0 Å². The number of carbonyl (C=O) groups excluding carboxylic acids is 2. The van der Waals surface area contributed by atoms with E-state index in [-0.39, 0.29) is 18.4 Å². The van der Waals surface area contributed by atoms with Crippen LogP contribution < -0.4 is 11.1 Å². The summed E-state index contributed by atoms with van der Waals surface area (Å²) in [7, 11) is 0. The van der Waals surface area contributed by atoms with Crippen molar-refractivity contribution in [3.63, 3.8) is 0 Å². The van der Waals surface area contributed by atoms with E-state index in [0.29, 0.717) is 24.3 Å². The molecule has 1 fully saturated rings. The molecule has 0 spiro atoms. The molecule has 102 valence electrons. The molecule has 0 unspecified atom stereocenters. The van der Waals surface area contributed by atoms with E-state index in [2.05, 4.69) is 5.32 Å². The molecular formula is C14H19N3O2. The Morgan fingerprint density at radius 3 is 2.89 bits per heavy atom. The van der Waals surface area contributed by atoms with Gasteiger partial charge in [-0.3, -0.25) is 9.59 Å². The first-order valence-corrected chi connectivity index (χ1v) is 6.50. The van der Waals surface area contributed by atoms with Gasteiger partial charge in [-0.2, -0.15) is 0 Å². The highest BCUT2D eigenvalue weighted by Crippen LogP contribution is 2.17. The summed E-state index contributed by atoms with van der Waals surface area (Å²) in [6.45, 7) is 2.70. The Balaban J connectivity index is 1.93. The fourth-order valence-electron chi connectivity index (χ4n) is 2.12. The third-order valence-corrected chi connectivity index (χ3v) is 3.32. The minimum absolute atomic E-state index is 0.0600. The number of nitrogen functional groups attached to an aromatic ring is 1. The number of amides is 2. The number of carbonyl (C=O) groups is 2. The van der Waals surface area contributed by atoms with Gasteiger partial charge in [-0.1, -0.05) is 6.07 Å². The fourth-order valence-corrected chi connectivity index (χ4v) is 2.12. The number of hydrogen-bond donors (Lipinski definition) is 2. The van der Waals surface area contributed by atoms with Crippen molar-refractivity contribution in [2.45, 2.75) is 26.2 Å². The third-order valence-electron chi connectivity index (χ3n) is 3.32. The average molecular weight is 261 g/mol. The standard InChI is InChI=1S/C14H19N3O2/c1-10-5-6-11(8-12(10)15)16-13(18)9-17-7-3-2-4-14(17)19/h5-6,8H,2-4,7,9,15H2,1H3,(H,16,18). The number of nitrogens with two attached hydrogens (primary N) is 1. The number of nitrogens with one attached hydrogen (secondary N) is 1. The molecule has 0 aliphatic carbocycles. The van der Waals surface area contributed by atoms with Crippen molar-refractivity contribution in [1.82, 2.24) is 4.90 Å². The zero-order valence-corrected chi connectivity index (χ0v) is 11.1. The van der Waals surface area contributed by atoms with Gasteiger partial charge in [0.25, 0.3) is 0 Å². The Hall–Kier alpha value is -2.04. The van der Waals surface area contributed by atoms with Crippen LogP contribution in [0.1, 0.15) is 24.8 Å². The molecule has 3 N–H and O–H groups in total. The molecule has 19 heavy (non-hydrogen) atoms. The van der Waals surface area contributed by atoms with Crippen LogP contribution in [0.5, 0.6) is 0 Å². The molecular weight excluding hydrogens is 242 g/mol. The summed E-state index contributed by atoms with van der Waals surface area (Å²) in [4.78, 5) is 25.1. The van der Waals surface area contributed by atoms with Crippen LogP contribution in [0.2, 0.25) is 0 Å². The van der Waals surface area contributed by atoms with Crippen LogP contribution in [0.4, 0.5) is 11.4 Å². The number of nitrogens with zero attached hydrogens (tertiary/aromatic N) is 1. The lowest BCUT2D eigenvalue weighted by Gasteiger charge is -2.26. The van der Waals surface area contributed by atoms with Crippen molar-refractivity contribution < 1.29 is 9.59 Å². The maximum Gasteiger partial charge on any atom is 0.243 e. The molecule has 0 atom stereocenters. The number of likely N-dealkylation sites (tertiary alicyclic amines) is 1. The highest BCUT2D eigenvalue weighted by atomic mass is 16.2. The Morgan fingerprint density at radius 2 is 2.21 bits per heavy atom. The lowest BCUT2D eigenvalue weighted by Crippen LogP contribution is -2.40. The zero-order chi connectivity index (χ0) is 13.8. The van der Waals surface area contributed by atoms with Gasteiger partial charge < -0.3 is 16.0 Å². The molecule has 1 aromatic carbocycles. The number of benzene rings is 1. The van der Waals surface area contributed by atoms with Gasteiger partial charge >= 0.3 is 0 Å². The highest BCUT2D eigenvalue weighted by Gasteiger charge is 2.20. The predicted octanol–water partition coefficient (Wildman–Crippen LogP) is 1.53. The van der Waals surface area contributed by atoms with E-state index in [4.69, 9.17) is 5.73 Å². The monoisotopic (exact) mass is 261 g/mol. The van der Waals surface area contributed by atoms with Crippen LogP contribution in [-0.4, -0.2) is 29.8 Å². The van der Waals surface area contributed by atoms with Gasteiger partial charge in [-0.25, -0.2) is 0 Å². The third kappa shape index (κ3) is 3.47. The summed E-state index contributed by atoms with van der Waals surface area (Å²) in [5.41, 5.74) is 8.07. The van der Waals surface area contributed by atoms with Gasteiger partial charge in [0.15, 0.2) is 0 Å². The maximum atomic E-state index is 11.9. The van der Waals surface area contributed by atoms with E-state index in [9.17, 15) is 9.59 Å². The number of piperidine rings is 1. The van der Waals surface area contributed by atoms with Crippen LogP contribution in [0, 0.1) is 6.92 Å². The van der Waals surface area contributed by atoms with Gasteiger partial charge in [-0.05, 0) is 37.5 Å². The normalized spacial score (nSPS) is 15.4. The second kappa shape index (κ2) is 5.73. The van der Waals surface area contributed by atoms with Crippen LogP contribution >= 0.6 is 0 Å². The molecule has 0 bridgehead atoms. The van der Waals surface area contributed by atoms with Crippen LogP contribution in [-0.2, 0) is 9.59 Å². The summed E-state index contributed by atoms with van der Waals surface area (Å²) in [5.74, 6) is -0.122. The largest absolute Gasteiger partial charge is 0.398 e. The number of hydrogen-bond acceptors (Lipinski definition) is 3. The first kappa shape index (κ1) is 13.4. The van der Waals surface area contributed by atoms with Crippen molar-refractivity contribution in [3.8, 4) is 0 Å². The Bertz CT molecular complexity index is 499. The second-order valence-corrected chi connectivity index (χ2v) is 4.89. The van der Waals surface area contributed by atoms with E-state index in [1.807, 2.05) is 19.1 Å². The van der Waals surface area contributed by atoms with Crippen molar-refractivity contribution in [2.24, 2.45) is 0 Å². The van der Waals surface area contributed by atoms with Crippen LogP contribution in [0.25, 0.3) is 0 Å². The molecule has 0 aromatic heterocycles. The number of aryl methyl sites for hydroxylation is 1. The molecule has 0 radical (unpaired) electrons. The van der Waals surface area contributed by atoms with E-state index in [1.165, 1.54) is 0 Å². The maximum absolute atomic E-state index is 11.9. The molecule has 1 aromatic rings. The zero-order valence-electron chi connectivity index (χ0n) is 11.1. The lowest BCUT2D eigenvalue weighted by atomic mass is 10.1. The average Bonchev–Trinajstić information content (AvgIpc) is 2.37. The van der Waals surface area contributed by atoms with Crippen LogP contribution in [0.15, 0.2) is 18.2 Å². The first-order chi connectivity index (χ1) is 9.06. The molecule has 2 rings (SSSR count). The van der Waals surface area contributed by atoms with Gasteiger partial charge in [0.2, 0.25) is 11.8 Å². The first-order valence-electron chi connectivity index (χ1n) is 6.50. The topological polar surface area (TPSA) is 75.4 Å². The molecule has 5 heteroatoms. The van der Waals surface area contributed by atoms with E-state index in [0.717, 1.165) is 18.4 Å². The van der Waals surface area contributed by atoms with E-state index >= 15 is 0 Å². The van der Waals surface area contributed by atoms with Crippen molar-refractivity contribution in [3.05, 3.63) is 23.8 Å². The van der Waals surface area contributed by atoms with Crippen molar-refractivity contribution in [1.29, 1.82) is 0 Å². The molecule has 1 aliphatic rings. The van der Waals surface area contributed by atoms with Gasteiger partial charge in [0.05, 0.1) is 6.54 Å². The predicted molar refractivity (Wildman–Crippen MR) is 74.7 cm³/mol. The number of rotatable bonds is 3. The summed E-state index contributed by atoms with van der Waals surface area (Å²) in [5, 5.41) is 2.76. The lowest BCUT2D eigenvalue weighted by molar-refractivity contribution is -0.136. The fraction of sp³-hybridized carbons (Fsp3) is 0.429. The van der Waals surface area contributed by atoms with Gasteiger partial charge in [0, 0.05) is 24.3 Å². The van der Waals surface area contributed by atoms with Crippen molar-refractivity contribution >= 4 is 23.2 Å².